The molecular weight excluding hydrogens is 269 g/mol. The predicted molar refractivity (Wildman–Crippen MR) is 74.9 cm³/mol. The van der Waals surface area contributed by atoms with Crippen LogP contribution in [-0.4, -0.2) is 9.97 Å². The minimum atomic E-state index is 0.375. The van der Waals surface area contributed by atoms with E-state index in [4.69, 9.17) is 28.9 Å². The van der Waals surface area contributed by atoms with Crippen LogP contribution in [0, 0.1) is 13.8 Å². The van der Waals surface area contributed by atoms with Crippen LogP contribution in [0.1, 0.15) is 17.0 Å². The molecule has 94 valence electrons. The van der Waals surface area contributed by atoms with E-state index < -0.39 is 0 Å². The van der Waals surface area contributed by atoms with Crippen molar-refractivity contribution in [2.75, 3.05) is 0 Å². The molecule has 0 aliphatic heterocycles. The van der Waals surface area contributed by atoms with Crippen LogP contribution in [0.5, 0.6) is 0 Å². The molecule has 0 saturated heterocycles. The van der Waals surface area contributed by atoms with E-state index in [-0.39, 0.29) is 0 Å². The van der Waals surface area contributed by atoms with Crippen molar-refractivity contribution in [2.45, 2.75) is 20.4 Å². The molecule has 3 nitrogen and oxygen atoms in total. The van der Waals surface area contributed by atoms with Gasteiger partial charge in [-0.05, 0) is 37.6 Å². The normalized spacial score (nSPS) is 10.7. The zero-order chi connectivity index (χ0) is 13.3. The van der Waals surface area contributed by atoms with E-state index in [1.807, 2.05) is 13.8 Å². The van der Waals surface area contributed by atoms with Crippen molar-refractivity contribution < 1.29 is 0 Å². The van der Waals surface area contributed by atoms with E-state index in [2.05, 4.69) is 9.97 Å². The van der Waals surface area contributed by atoms with Gasteiger partial charge in [0.15, 0.2) is 5.82 Å². The third-order valence-electron chi connectivity index (χ3n) is 2.85. The molecule has 0 aliphatic rings. The van der Waals surface area contributed by atoms with Crippen molar-refractivity contribution in [3.05, 3.63) is 45.2 Å². The summed E-state index contributed by atoms with van der Waals surface area (Å²) in [5, 5.41) is 1.18. The summed E-state index contributed by atoms with van der Waals surface area (Å²) in [4.78, 5) is 8.89. The lowest BCUT2D eigenvalue weighted by Gasteiger charge is -2.10. The highest BCUT2D eigenvalue weighted by Crippen LogP contribution is 2.29. The van der Waals surface area contributed by atoms with Gasteiger partial charge < -0.3 is 5.73 Å². The van der Waals surface area contributed by atoms with Crippen LogP contribution in [0.25, 0.3) is 11.4 Å². The van der Waals surface area contributed by atoms with Gasteiger partial charge in [0.1, 0.15) is 0 Å². The van der Waals surface area contributed by atoms with Gasteiger partial charge in [0.05, 0.1) is 10.7 Å². The Morgan fingerprint density at radius 3 is 2.56 bits per heavy atom. The first-order valence-electron chi connectivity index (χ1n) is 5.52. The second-order valence-corrected chi connectivity index (χ2v) is 4.88. The summed E-state index contributed by atoms with van der Waals surface area (Å²) >= 11 is 12.1. The number of hydrogen-bond donors (Lipinski definition) is 1. The van der Waals surface area contributed by atoms with E-state index in [0.717, 1.165) is 22.5 Å². The fraction of sp³-hybridized carbons (Fsp3) is 0.231. The van der Waals surface area contributed by atoms with Gasteiger partial charge >= 0.3 is 0 Å². The quantitative estimate of drug-likeness (QED) is 0.916. The van der Waals surface area contributed by atoms with Gasteiger partial charge in [0.25, 0.3) is 0 Å². The van der Waals surface area contributed by atoms with Crippen LogP contribution in [0.2, 0.25) is 10.0 Å². The summed E-state index contributed by atoms with van der Waals surface area (Å²) in [7, 11) is 0. The van der Waals surface area contributed by atoms with Crippen molar-refractivity contribution in [1.82, 2.24) is 9.97 Å². The molecule has 2 rings (SSSR count). The summed E-state index contributed by atoms with van der Waals surface area (Å²) in [6.07, 6.45) is 0. The molecular formula is C13H13Cl2N3. The average Bonchev–Trinajstić information content (AvgIpc) is 2.35. The molecule has 0 fully saturated rings. The molecule has 2 N–H and O–H groups in total. The minimum Gasteiger partial charge on any atom is -0.325 e. The Bertz CT molecular complexity index is 597. The topological polar surface area (TPSA) is 51.8 Å². The van der Waals surface area contributed by atoms with E-state index >= 15 is 0 Å². The highest BCUT2D eigenvalue weighted by Gasteiger charge is 2.11. The average molecular weight is 282 g/mol. The smallest absolute Gasteiger partial charge is 0.161 e. The maximum Gasteiger partial charge on any atom is 0.161 e. The minimum absolute atomic E-state index is 0.375. The fourth-order valence-electron chi connectivity index (χ4n) is 1.68. The first-order chi connectivity index (χ1) is 8.52. The maximum absolute atomic E-state index is 6.15. The lowest BCUT2D eigenvalue weighted by Crippen LogP contribution is -2.07. The zero-order valence-electron chi connectivity index (χ0n) is 10.2. The van der Waals surface area contributed by atoms with Gasteiger partial charge in [-0.15, -0.1) is 0 Å². The molecule has 0 bridgehead atoms. The predicted octanol–water partition coefficient (Wildman–Crippen LogP) is 3.53. The molecule has 1 aromatic heterocycles. The molecule has 0 unspecified atom stereocenters. The van der Waals surface area contributed by atoms with Gasteiger partial charge in [-0.3, -0.25) is 0 Å². The van der Waals surface area contributed by atoms with Crippen molar-refractivity contribution in [3.63, 3.8) is 0 Å². The highest BCUT2D eigenvalue weighted by atomic mass is 35.5. The molecule has 0 spiro atoms. The number of nitrogens with two attached hydrogens (primary N) is 1. The number of aryl methyl sites for hydroxylation is 1. The Balaban J connectivity index is 2.64. The molecule has 0 atom stereocenters. The van der Waals surface area contributed by atoms with Crippen LogP contribution in [0.3, 0.4) is 0 Å². The highest BCUT2D eigenvalue weighted by molar-refractivity contribution is 6.35. The Labute approximate surface area is 116 Å². The van der Waals surface area contributed by atoms with Gasteiger partial charge in [0, 0.05) is 22.8 Å². The van der Waals surface area contributed by atoms with E-state index in [1.54, 1.807) is 18.2 Å². The zero-order valence-corrected chi connectivity index (χ0v) is 11.7. The summed E-state index contributed by atoms with van der Waals surface area (Å²) in [6.45, 7) is 4.26. The number of benzene rings is 1. The molecule has 0 radical (unpaired) electrons. The largest absolute Gasteiger partial charge is 0.325 e. The van der Waals surface area contributed by atoms with Crippen LogP contribution < -0.4 is 5.73 Å². The van der Waals surface area contributed by atoms with E-state index in [9.17, 15) is 0 Å². The summed E-state index contributed by atoms with van der Waals surface area (Å²) in [6, 6.07) is 5.23. The van der Waals surface area contributed by atoms with Gasteiger partial charge in [0.2, 0.25) is 0 Å². The number of aromatic nitrogens is 2. The third kappa shape index (κ3) is 2.48. The van der Waals surface area contributed by atoms with Crippen LogP contribution in [-0.2, 0) is 6.54 Å². The Hall–Kier alpha value is -1.16. The molecule has 0 saturated carbocycles. The lowest BCUT2D eigenvalue weighted by molar-refractivity contribution is 0.926. The van der Waals surface area contributed by atoms with Crippen LogP contribution in [0.4, 0.5) is 0 Å². The summed E-state index contributed by atoms with van der Waals surface area (Å²) < 4.78 is 0. The molecule has 0 amide bonds. The molecule has 2 aromatic rings. The van der Waals surface area contributed by atoms with Gasteiger partial charge in [-0.25, -0.2) is 9.97 Å². The SMILES string of the molecule is Cc1nc(-c2cc(Cl)ccc2Cl)nc(CN)c1C. The summed E-state index contributed by atoms with van der Waals surface area (Å²) in [5.74, 6) is 0.561. The summed E-state index contributed by atoms with van der Waals surface area (Å²) in [5.41, 5.74) is 9.15. The molecule has 18 heavy (non-hydrogen) atoms. The Kier molecular flexibility index (Phi) is 3.85. The van der Waals surface area contributed by atoms with Crippen molar-refractivity contribution in [2.24, 2.45) is 5.73 Å². The number of halogens is 2. The molecule has 0 aliphatic carbocycles. The van der Waals surface area contributed by atoms with Crippen LogP contribution >= 0.6 is 23.2 Å². The standard InChI is InChI=1S/C13H13Cl2N3/c1-7-8(2)17-13(18-12(7)6-16)10-5-9(14)3-4-11(10)15/h3-5H,6,16H2,1-2H3. The monoisotopic (exact) mass is 281 g/mol. The fourth-order valence-corrected chi connectivity index (χ4v) is 2.05. The first kappa shape index (κ1) is 13.3. The van der Waals surface area contributed by atoms with Gasteiger partial charge in [-0.1, -0.05) is 23.2 Å². The number of nitrogens with zero attached hydrogens (tertiary/aromatic N) is 2. The van der Waals surface area contributed by atoms with Gasteiger partial charge in [-0.2, -0.15) is 0 Å². The van der Waals surface area contributed by atoms with E-state index in [1.165, 1.54) is 0 Å². The first-order valence-corrected chi connectivity index (χ1v) is 6.28. The third-order valence-corrected chi connectivity index (χ3v) is 3.42. The second-order valence-electron chi connectivity index (χ2n) is 4.03. The molecule has 1 heterocycles. The second kappa shape index (κ2) is 5.22. The van der Waals surface area contributed by atoms with E-state index in [0.29, 0.717) is 22.4 Å². The maximum atomic E-state index is 6.15. The van der Waals surface area contributed by atoms with Crippen molar-refractivity contribution in [1.29, 1.82) is 0 Å². The molecule has 1 aromatic carbocycles. The number of rotatable bonds is 2. The van der Waals surface area contributed by atoms with Crippen LogP contribution in [0.15, 0.2) is 18.2 Å². The Morgan fingerprint density at radius 2 is 1.89 bits per heavy atom. The van der Waals surface area contributed by atoms with Crippen molar-refractivity contribution in [3.8, 4) is 11.4 Å². The molecule has 5 heteroatoms. The lowest BCUT2D eigenvalue weighted by atomic mass is 10.1. The number of hydrogen-bond acceptors (Lipinski definition) is 3. The van der Waals surface area contributed by atoms with Crippen molar-refractivity contribution >= 4 is 23.2 Å². The Morgan fingerprint density at radius 1 is 1.17 bits per heavy atom.